The molecule has 3 aromatic heterocycles. The number of fused-ring (bicyclic) bond motifs is 9. The number of thiophene rings is 1. The zero-order valence-electron chi connectivity index (χ0n) is 31.2. The average Bonchev–Trinajstić information content (AvgIpc) is 3.96. The third-order valence-corrected chi connectivity index (χ3v) is 13.1. The van der Waals surface area contributed by atoms with E-state index in [0.29, 0.717) is 0 Å². The summed E-state index contributed by atoms with van der Waals surface area (Å²) in [5.74, 6) is 0.913. The van der Waals surface area contributed by atoms with Crippen molar-refractivity contribution in [3.8, 4) is 16.8 Å². The summed E-state index contributed by atoms with van der Waals surface area (Å²) in [4.78, 5) is 5.17. The highest BCUT2D eigenvalue weighted by atomic mass is 32.1. The molecule has 2 N–H and O–H groups in total. The maximum atomic E-state index is 6.83. The molecule has 0 spiro atoms. The fourth-order valence-corrected chi connectivity index (χ4v) is 10.5. The molecule has 3 aliphatic rings. The van der Waals surface area contributed by atoms with Gasteiger partial charge in [-0.05, 0) is 73.2 Å². The standard InChI is InChI=1S/C51H38N4OS/c1-3-13-31(14-4-1)49-52-50(32-15-5-2-6-16-32)54-51(53-49)40-21-12-24-44-47(40)39-20-11-19-35(48(39)56-44)33-25-28-45-41(29-33)38-27-26-34(30-46(38)57-45)55-42-22-9-7-17-36(42)37-18-8-10-23-43(37)55/h1,3-5,7-9,11-22,24-30,49,51,53H,2,6,10,23H2,(H,52,54). The van der Waals surface area contributed by atoms with Gasteiger partial charge >= 0.3 is 0 Å². The van der Waals surface area contributed by atoms with Crippen LogP contribution in [0, 0.1) is 0 Å². The fourth-order valence-electron chi connectivity index (χ4n) is 9.34. The Morgan fingerprint density at radius 1 is 0.702 bits per heavy atom. The summed E-state index contributed by atoms with van der Waals surface area (Å²) in [6.07, 6.45) is 15.2. The van der Waals surface area contributed by atoms with E-state index in [1.807, 2.05) is 11.3 Å². The number of amidine groups is 1. The van der Waals surface area contributed by atoms with Crippen LogP contribution in [0.15, 0.2) is 167 Å². The van der Waals surface area contributed by atoms with Gasteiger partial charge in [-0.25, -0.2) is 4.99 Å². The van der Waals surface area contributed by atoms with Crippen molar-refractivity contribution in [2.75, 3.05) is 0 Å². The molecule has 12 rings (SSSR count). The number of aromatic nitrogens is 1. The van der Waals surface area contributed by atoms with E-state index >= 15 is 0 Å². The summed E-state index contributed by atoms with van der Waals surface area (Å²) in [7, 11) is 0. The predicted molar refractivity (Wildman–Crippen MR) is 238 cm³/mol. The van der Waals surface area contributed by atoms with Crippen molar-refractivity contribution < 1.29 is 4.42 Å². The van der Waals surface area contributed by atoms with E-state index in [2.05, 4.69) is 173 Å². The molecule has 0 bridgehead atoms. The first kappa shape index (κ1) is 32.7. The third kappa shape index (κ3) is 5.28. The van der Waals surface area contributed by atoms with E-state index in [-0.39, 0.29) is 12.3 Å². The number of benzene rings is 6. The average molecular weight is 755 g/mol. The lowest BCUT2D eigenvalue weighted by Gasteiger charge is -2.33. The minimum absolute atomic E-state index is 0.183. The summed E-state index contributed by atoms with van der Waals surface area (Å²) in [5.41, 5.74) is 12.7. The Morgan fingerprint density at radius 3 is 2.51 bits per heavy atom. The molecular weight excluding hydrogens is 717 g/mol. The van der Waals surface area contributed by atoms with Crippen LogP contribution in [0.5, 0.6) is 0 Å². The number of nitrogens with zero attached hydrogens (tertiary/aromatic N) is 2. The Balaban J connectivity index is 0.951. The molecule has 57 heavy (non-hydrogen) atoms. The third-order valence-electron chi connectivity index (χ3n) is 12.0. The van der Waals surface area contributed by atoms with Crippen molar-refractivity contribution in [2.45, 2.75) is 38.0 Å². The lowest BCUT2D eigenvalue weighted by atomic mass is 9.97. The Morgan fingerprint density at radius 2 is 1.58 bits per heavy atom. The van der Waals surface area contributed by atoms with Gasteiger partial charge in [0.05, 0.1) is 5.52 Å². The number of aliphatic imine (C=N–C) groups is 1. The second-order valence-corrected chi connectivity index (χ2v) is 16.4. The molecule has 2 atom stereocenters. The van der Waals surface area contributed by atoms with Crippen LogP contribution in [0.3, 0.4) is 0 Å². The molecule has 4 heterocycles. The molecule has 5 nitrogen and oxygen atoms in total. The van der Waals surface area contributed by atoms with Gasteiger partial charge in [-0.1, -0.05) is 121 Å². The van der Waals surface area contributed by atoms with Gasteiger partial charge in [0, 0.05) is 70.0 Å². The monoisotopic (exact) mass is 754 g/mol. The Kier molecular flexibility index (Phi) is 7.50. The summed E-state index contributed by atoms with van der Waals surface area (Å²) in [5, 5.41) is 13.7. The SMILES string of the molecule is C1=CC(C2=NC(c3ccccc3)NC(c3cccc4oc5c(-c6ccc7sc8cc(-n9c%10c(c%11ccccc%119)C=CCC%10)ccc8c7c6)cccc5c34)N2)=CCC1. The van der Waals surface area contributed by atoms with Crippen molar-refractivity contribution in [3.63, 3.8) is 0 Å². The highest BCUT2D eigenvalue weighted by Gasteiger charge is 2.29. The van der Waals surface area contributed by atoms with Crippen LogP contribution in [-0.2, 0) is 6.42 Å². The van der Waals surface area contributed by atoms with Gasteiger partial charge in [-0.3, -0.25) is 5.32 Å². The van der Waals surface area contributed by atoms with Crippen LogP contribution in [0.25, 0.3) is 75.9 Å². The summed E-state index contributed by atoms with van der Waals surface area (Å²) >= 11 is 1.87. The van der Waals surface area contributed by atoms with Crippen molar-refractivity contribution in [2.24, 2.45) is 4.99 Å². The lowest BCUT2D eigenvalue weighted by molar-refractivity contribution is 0.411. The maximum absolute atomic E-state index is 6.83. The summed E-state index contributed by atoms with van der Waals surface area (Å²) < 4.78 is 11.9. The van der Waals surface area contributed by atoms with Crippen LogP contribution in [0.4, 0.5) is 0 Å². The van der Waals surface area contributed by atoms with Crippen LogP contribution in [0.1, 0.15) is 54.0 Å². The number of nitrogens with one attached hydrogen (secondary N) is 2. The molecule has 1 aliphatic heterocycles. The molecule has 0 fully saturated rings. The summed E-state index contributed by atoms with van der Waals surface area (Å²) in [6.45, 7) is 0. The topological polar surface area (TPSA) is 54.5 Å². The van der Waals surface area contributed by atoms with E-state index < -0.39 is 0 Å². The zero-order chi connectivity index (χ0) is 37.5. The second-order valence-electron chi connectivity index (χ2n) is 15.3. The van der Waals surface area contributed by atoms with Crippen LogP contribution >= 0.6 is 11.3 Å². The number of allylic oxidation sites excluding steroid dienone is 3. The van der Waals surface area contributed by atoms with Gasteiger partial charge in [0.1, 0.15) is 29.3 Å². The number of para-hydroxylation sites is 2. The largest absolute Gasteiger partial charge is 0.455 e. The molecule has 274 valence electrons. The molecule has 6 heteroatoms. The highest BCUT2D eigenvalue weighted by Crippen LogP contribution is 2.43. The van der Waals surface area contributed by atoms with Gasteiger partial charge in [0.25, 0.3) is 0 Å². The van der Waals surface area contributed by atoms with Gasteiger partial charge in [-0.2, -0.15) is 0 Å². The van der Waals surface area contributed by atoms with Crippen LogP contribution in [-0.4, -0.2) is 10.4 Å². The molecule has 9 aromatic rings. The van der Waals surface area contributed by atoms with Crippen molar-refractivity contribution in [3.05, 3.63) is 180 Å². The molecule has 0 saturated carbocycles. The minimum atomic E-state index is -0.193. The van der Waals surface area contributed by atoms with Gasteiger partial charge in [0.15, 0.2) is 0 Å². The number of furan rings is 1. The molecule has 0 amide bonds. The number of hydrogen-bond donors (Lipinski definition) is 2. The first-order valence-corrected chi connectivity index (χ1v) is 20.8. The highest BCUT2D eigenvalue weighted by molar-refractivity contribution is 7.25. The molecular formula is C51H38N4OS. The van der Waals surface area contributed by atoms with Crippen LogP contribution in [0.2, 0.25) is 0 Å². The Hall–Kier alpha value is -6.47. The van der Waals surface area contributed by atoms with Crippen LogP contribution < -0.4 is 10.6 Å². The van der Waals surface area contributed by atoms with E-state index in [9.17, 15) is 0 Å². The number of hydrogen-bond acceptors (Lipinski definition) is 5. The Bertz CT molecular complexity index is 3210. The lowest BCUT2D eigenvalue weighted by Crippen LogP contribution is -2.45. The zero-order valence-corrected chi connectivity index (χ0v) is 32.0. The maximum Gasteiger partial charge on any atom is 0.143 e. The van der Waals surface area contributed by atoms with E-state index in [4.69, 9.17) is 9.41 Å². The summed E-state index contributed by atoms with van der Waals surface area (Å²) in [6, 6.07) is 46.2. The fraction of sp³-hybridized carbons (Fsp3) is 0.118. The van der Waals surface area contributed by atoms with Crippen molar-refractivity contribution in [1.29, 1.82) is 0 Å². The number of rotatable bonds is 5. The second kappa shape index (κ2) is 13.1. The first-order valence-electron chi connectivity index (χ1n) is 20.0. The van der Waals surface area contributed by atoms with E-state index in [1.54, 1.807) is 0 Å². The smallest absolute Gasteiger partial charge is 0.143 e. The van der Waals surface area contributed by atoms with Crippen molar-refractivity contribution in [1.82, 2.24) is 15.2 Å². The first-order chi connectivity index (χ1) is 28.2. The molecule has 2 aliphatic carbocycles. The predicted octanol–water partition coefficient (Wildman–Crippen LogP) is 13.1. The van der Waals surface area contributed by atoms with Gasteiger partial charge < -0.3 is 14.3 Å². The molecule has 0 radical (unpaired) electrons. The van der Waals surface area contributed by atoms with E-state index in [0.717, 1.165) is 81.3 Å². The minimum Gasteiger partial charge on any atom is -0.455 e. The molecule has 6 aromatic carbocycles. The van der Waals surface area contributed by atoms with Crippen molar-refractivity contribution >= 4 is 76.3 Å². The van der Waals surface area contributed by atoms with Gasteiger partial charge in [-0.15, -0.1) is 11.3 Å². The van der Waals surface area contributed by atoms with E-state index in [1.165, 1.54) is 48.0 Å². The molecule has 2 unspecified atom stereocenters. The van der Waals surface area contributed by atoms with Gasteiger partial charge in [0.2, 0.25) is 0 Å². The Labute approximate surface area is 334 Å². The quantitative estimate of drug-likeness (QED) is 0.184. The molecule has 0 saturated heterocycles. The normalized spacial score (nSPS) is 18.0.